The van der Waals surface area contributed by atoms with Crippen LogP contribution in [-0.2, 0) is 33.3 Å². The highest BCUT2D eigenvalue weighted by atomic mass is 32.2. The quantitative estimate of drug-likeness (QED) is 0.351. The molecule has 1 aromatic heterocycles. The van der Waals surface area contributed by atoms with Crippen molar-refractivity contribution in [3.05, 3.63) is 29.6 Å². The van der Waals surface area contributed by atoms with E-state index < -0.39 is 47.0 Å². The molecule has 38 heavy (non-hydrogen) atoms. The largest absolute Gasteiger partial charge is 0.505 e. The maximum atomic E-state index is 14.3. The molecule has 14 heteroatoms. The van der Waals surface area contributed by atoms with Crippen molar-refractivity contribution < 1.29 is 43.2 Å². The lowest BCUT2D eigenvalue weighted by molar-refractivity contribution is -0.197. The molecule has 6 rings (SSSR count). The molecule has 0 saturated carbocycles. The molecule has 0 bridgehead atoms. The molecule has 1 aromatic rings. The third-order valence-electron chi connectivity index (χ3n) is 8.03. The summed E-state index contributed by atoms with van der Waals surface area (Å²) in [5, 5.41) is 10.5. The van der Waals surface area contributed by atoms with Crippen LogP contribution in [0.15, 0.2) is 34.6 Å². The highest BCUT2D eigenvalue weighted by molar-refractivity contribution is 7.99. The van der Waals surface area contributed by atoms with Gasteiger partial charge in [-0.05, 0) is 12.1 Å². The molecule has 3 N–H and O–H groups in total. The minimum Gasteiger partial charge on any atom is -0.505 e. The second kappa shape index (κ2) is 8.66. The first-order valence-electron chi connectivity index (χ1n) is 12.1. The Balaban J connectivity index is 1.43. The Morgan fingerprint density at radius 3 is 2.66 bits per heavy atom. The van der Waals surface area contributed by atoms with Gasteiger partial charge in [0.15, 0.2) is 11.5 Å². The number of pyridine rings is 1. The number of thioether (sulfide) groups is 1. The Labute approximate surface area is 221 Å². The van der Waals surface area contributed by atoms with Gasteiger partial charge in [0.25, 0.3) is 0 Å². The first kappa shape index (κ1) is 25.1. The van der Waals surface area contributed by atoms with Gasteiger partial charge in [-0.3, -0.25) is 14.4 Å². The summed E-state index contributed by atoms with van der Waals surface area (Å²) in [7, 11) is 1.44. The fourth-order valence-corrected chi connectivity index (χ4v) is 7.64. The Morgan fingerprint density at radius 1 is 1.29 bits per heavy atom. The zero-order chi connectivity index (χ0) is 27.0. The first-order valence-corrected chi connectivity index (χ1v) is 13.1. The van der Waals surface area contributed by atoms with Crippen molar-refractivity contribution >= 4 is 35.3 Å². The van der Waals surface area contributed by atoms with Crippen LogP contribution in [0.25, 0.3) is 0 Å². The second-order valence-corrected chi connectivity index (χ2v) is 10.7. The number of allylic oxidation sites excluding steroid dienone is 1. The number of ether oxygens (including phenoxy) is 4. The van der Waals surface area contributed by atoms with Crippen LogP contribution in [0.2, 0.25) is 0 Å². The van der Waals surface area contributed by atoms with Gasteiger partial charge in [-0.2, -0.15) is 0 Å². The Kier molecular flexibility index (Phi) is 5.72. The van der Waals surface area contributed by atoms with Crippen molar-refractivity contribution in [2.45, 2.75) is 35.5 Å². The van der Waals surface area contributed by atoms with E-state index in [1.807, 2.05) is 0 Å². The summed E-state index contributed by atoms with van der Waals surface area (Å²) < 4.78 is 23.0. The molecule has 2 amide bonds. The van der Waals surface area contributed by atoms with Gasteiger partial charge in [-0.25, -0.2) is 9.78 Å². The number of aromatic nitrogens is 1. The van der Waals surface area contributed by atoms with E-state index in [4.69, 9.17) is 24.7 Å². The highest BCUT2D eigenvalue weighted by Crippen LogP contribution is 2.61. The number of rotatable bonds is 6. The molecule has 4 aliphatic heterocycles. The first-order chi connectivity index (χ1) is 18.2. The predicted octanol–water partition coefficient (Wildman–Crippen LogP) is -0.373. The summed E-state index contributed by atoms with van der Waals surface area (Å²) in [4.78, 5) is 60.0. The van der Waals surface area contributed by atoms with Crippen LogP contribution in [0.5, 0.6) is 5.75 Å². The average Bonchev–Trinajstić information content (AvgIpc) is 3.16. The molecule has 5 aliphatic rings. The van der Waals surface area contributed by atoms with Gasteiger partial charge in [0, 0.05) is 38.1 Å². The average molecular weight is 547 g/mol. The lowest BCUT2D eigenvalue weighted by atomic mass is 9.76. The third-order valence-corrected chi connectivity index (χ3v) is 9.11. The van der Waals surface area contributed by atoms with E-state index in [0.717, 1.165) is 11.8 Å². The molecule has 5 atom stereocenters. The molecule has 5 heterocycles. The topological polar surface area (TPSA) is 171 Å². The van der Waals surface area contributed by atoms with Crippen molar-refractivity contribution in [2.24, 2.45) is 17.6 Å². The molecule has 3 saturated heterocycles. The number of hydrogen-bond acceptors (Lipinski definition) is 12. The summed E-state index contributed by atoms with van der Waals surface area (Å²) in [6.45, 7) is 1.56. The van der Waals surface area contributed by atoms with Crippen molar-refractivity contribution in [1.82, 2.24) is 14.8 Å². The normalized spacial score (nSPS) is 32.5. The van der Waals surface area contributed by atoms with E-state index in [1.165, 1.54) is 26.3 Å². The van der Waals surface area contributed by atoms with Crippen LogP contribution in [0.1, 0.15) is 6.92 Å². The summed E-state index contributed by atoms with van der Waals surface area (Å²) >= 11 is 1.11. The number of carbonyl (C=O) groups is 4. The summed E-state index contributed by atoms with van der Waals surface area (Å²) in [5.74, 6) is -5.03. The Hall–Kier alpha value is -3.20. The zero-order valence-corrected chi connectivity index (χ0v) is 21.4. The maximum Gasteiger partial charge on any atom is 0.404 e. The summed E-state index contributed by atoms with van der Waals surface area (Å²) in [6.07, 6.45) is 0.465. The van der Waals surface area contributed by atoms with Crippen LogP contribution in [0, 0.1) is 11.8 Å². The minimum absolute atomic E-state index is 0.0363. The fraction of sp³-hybridized carbons (Fsp3) is 0.542. The standard InChI is InChI=1S/C24H26N4O9S/c1-11(29)28-14-8-27-17-16(12(9-35-22(25)33)23(27,34-2)19(14)28)20(32)24(36-6-7-37-24)13(18(17)31)10-38-21-15(30)4-3-5-26-21/h3-5,12-14,19,30H,6-10H2,1-2H3,(H2,25,33)/t12-,13?,14+,19+,23-,28?/m1/s1. The Morgan fingerprint density at radius 2 is 2.03 bits per heavy atom. The van der Waals surface area contributed by atoms with E-state index in [2.05, 4.69) is 4.98 Å². The molecule has 3 fully saturated rings. The number of methoxy groups -OCH3 is 1. The van der Waals surface area contributed by atoms with Crippen molar-refractivity contribution in [1.29, 1.82) is 0 Å². The van der Waals surface area contributed by atoms with Gasteiger partial charge in [0.05, 0.1) is 36.8 Å². The number of nitrogens with zero attached hydrogens (tertiary/aromatic N) is 3. The van der Waals surface area contributed by atoms with Crippen molar-refractivity contribution in [3.63, 3.8) is 0 Å². The van der Waals surface area contributed by atoms with Gasteiger partial charge >= 0.3 is 6.09 Å². The van der Waals surface area contributed by atoms with Gasteiger partial charge < -0.3 is 39.6 Å². The van der Waals surface area contributed by atoms with Crippen molar-refractivity contribution in [3.8, 4) is 5.75 Å². The van der Waals surface area contributed by atoms with Gasteiger partial charge in [-0.1, -0.05) is 0 Å². The number of Topliss-reactive ketones (excluding diaryl/α,β-unsaturated/α-hetero) is 2. The molecule has 1 spiro atoms. The number of hydrogen-bond donors (Lipinski definition) is 2. The van der Waals surface area contributed by atoms with E-state index in [9.17, 15) is 24.3 Å². The van der Waals surface area contributed by atoms with Crippen LogP contribution < -0.4 is 5.73 Å². The number of fused-ring (bicyclic) bond motifs is 4. The van der Waals surface area contributed by atoms with Crippen LogP contribution in [0.3, 0.4) is 0 Å². The third kappa shape index (κ3) is 3.20. The van der Waals surface area contributed by atoms with Crippen LogP contribution >= 0.6 is 11.8 Å². The molecular formula is C24H26N4O9S. The molecular weight excluding hydrogens is 520 g/mol. The molecule has 1 unspecified atom stereocenters. The lowest BCUT2D eigenvalue weighted by Crippen LogP contribution is -2.56. The molecule has 0 aromatic carbocycles. The van der Waals surface area contributed by atoms with E-state index >= 15 is 0 Å². The number of ketones is 2. The van der Waals surface area contributed by atoms with E-state index in [0.29, 0.717) is 5.03 Å². The fourth-order valence-electron chi connectivity index (χ4n) is 6.60. The van der Waals surface area contributed by atoms with Crippen LogP contribution in [0.4, 0.5) is 4.79 Å². The second-order valence-electron chi connectivity index (χ2n) is 9.70. The SMILES string of the molecule is CO[C@@]12[C@H](COC(N)=O)C3=C(C(=O)C(CSc4ncccc4O)C4(OCCO4)C3=O)N1C[C@H]1[C@@H]2N1C(C)=O. The molecule has 13 nitrogen and oxygen atoms in total. The maximum absolute atomic E-state index is 14.3. The number of nitrogens with two attached hydrogens (primary N) is 1. The van der Waals surface area contributed by atoms with E-state index in [-0.39, 0.29) is 61.1 Å². The number of amides is 2. The predicted molar refractivity (Wildman–Crippen MR) is 127 cm³/mol. The molecule has 0 radical (unpaired) electrons. The van der Waals surface area contributed by atoms with Crippen molar-refractivity contribution in [2.75, 3.05) is 39.2 Å². The number of carbonyl (C=O) groups excluding carboxylic acids is 4. The summed E-state index contributed by atoms with van der Waals surface area (Å²) in [6, 6.07) is 2.37. The number of piperazine rings is 1. The highest BCUT2D eigenvalue weighted by Gasteiger charge is 2.79. The smallest absolute Gasteiger partial charge is 0.404 e. The van der Waals surface area contributed by atoms with E-state index in [1.54, 1.807) is 15.9 Å². The van der Waals surface area contributed by atoms with Gasteiger partial charge in [0.2, 0.25) is 17.5 Å². The minimum atomic E-state index is -1.89. The van der Waals surface area contributed by atoms with Gasteiger partial charge in [-0.15, -0.1) is 11.8 Å². The van der Waals surface area contributed by atoms with Gasteiger partial charge in [0.1, 0.15) is 23.4 Å². The number of aromatic hydroxyl groups is 1. The monoisotopic (exact) mass is 546 g/mol. The zero-order valence-electron chi connectivity index (χ0n) is 20.6. The molecule has 1 aliphatic carbocycles. The van der Waals surface area contributed by atoms with Crippen LogP contribution in [-0.4, -0.2) is 106 Å². The summed E-state index contributed by atoms with van der Waals surface area (Å²) in [5.41, 5.74) is 4.17. The number of primary amides is 1. The Bertz CT molecular complexity index is 1280. The lowest BCUT2D eigenvalue weighted by Gasteiger charge is -2.41. The molecule has 202 valence electrons.